The Kier molecular flexibility index (Phi) is 7.83. The third-order valence-electron chi connectivity index (χ3n) is 4.02. The Balaban J connectivity index is 1.51. The molecule has 0 aliphatic carbocycles. The van der Waals surface area contributed by atoms with E-state index >= 15 is 0 Å². The second-order valence-corrected chi connectivity index (χ2v) is 6.69. The van der Waals surface area contributed by atoms with Gasteiger partial charge in [-0.15, -0.1) is 0 Å². The molecule has 2 aromatic carbocycles. The Morgan fingerprint density at radius 1 is 0.636 bits per heavy atom. The normalized spacial score (nSPS) is 10.8. The molecule has 0 unspecified atom stereocenters. The second kappa shape index (κ2) is 9.92. The molecule has 0 radical (unpaired) electrons. The van der Waals surface area contributed by atoms with Crippen molar-refractivity contribution in [1.82, 2.24) is 0 Å². The topological polar surface area (TPSA) is 0 Å². The molecule has 2 heteroatoms. The molecule has 2 aromatic rings. The first-order chi connectivity index (χ1) is 10.8. The van der Waals surface area contributed by atoms with E-state index in [0.717, 1.165) is 11.4 Å². The average molecular weight is 335 g/mol. The van der Waals surface area contributed by atoms with Gasteiger partial charge in [0, 0.05) is 10.0 Å². The minimum atomic E-state index is 0.715. The minimum Gasteiger partial charge on any atom is -0.0843 e. The van der Waals surface area contributed by atoms with Crippen LogP contribution in [0.2, 0.25) is 10.0 Å². The van der Waals surface area contributed by atoms with E-state index in [1.807, 2.05) is 18.2 Å². The molecular formula is C20H24Cl2. The van der Waals surface area contributed by atoms with Gasteiger partial charge < -0.3 is 0 Å². The summed E-state index contributed by atoms with van der Waals surface area (Å²) in [5.41, 5.74) is 2.68. The van der Waals surface area contributed by atoms with Crippen molar-refractivity contribution in [2.75, 3.05) is 0 Å². The molecule has 0 aliphatic heterocycles. The van der Waals surface area contributed by atoms with Crippen LogP contribution in [0.1, 0.15) is 49.7 Å². The lowest BCUT2D eigenvalue weighted by molar-refractivity contribution is 0.594. The van der Waals surface area contributed by atoms with Crippen LogP contribution in [0, 0.1) is 0 Å². The van der Waals surface area contributed by atoms with Crippen molar-refractivity contribution < 1.29 is 0 Å². The van der Waals surface area contributed by atoms with E-state index in [0.29, 0.717) is 5.02 Å². The van der Waals surface area contributed by atoms with Crippen molar-refractivity contribution in [2.45, 2.75) is 51.4 Å². The molecule has 0 N–H and O–H groups in total. The molecule has 0 aliphatic rings. The van der Waals surface area contributed by atoms with E-state index < -0.39 is 0 Å². The van der Waals surface area contributed by atoms with Gasteiger partial charge in [-0.25, -0.2) is 0 Å². The van der Waals surface area contributed by atoms with E-state index in [-0.39, 0.29) is 0 Å². The van der Waals surface area contributed by atoms with E-state index in [1.165, 1.54) is 56.1 Å². The highest BCUT2D eigenvalue weighted by Gasteiger charge is 2.01. The highest BCUT2D eigenvalue weighted by Crippen LogP contribution is 2.22. The Hall–Kier alpha value is -0.980. The highest BCUT2D eigenvalue weighted by molar-refractivity contribution is 6.35. The summed E-state index contributed by atoms with van der Waals surface area (Å²) in [5.74, 6) is 0. The van der Waals surface area contributed by atoms with Gasteiger partial charge in [0.2, 0.25) is 0 Å². The second-order valence-electron chi connectivity index (χ2n) is 5.84. The summed E-state index contributed by atoms with van der Waals surface area (Å²) < 4.78 is 0. The van der Waals surface area contributed by atoms with Crippen molar-refractivity contribution in [1.29, 1.82) is 0 Å². The Labute approximate surface area is 144 Å². The van der Waals surface area contributed by atoms with E-state index in [2.05, 4.69) is 30.3 Å². The maximum absolute atomic E-state index is 6.18. The smallest absolute Gasteiger partial charge is 0.0452 e. The van der Waals surface area contributed by atoms with Gasteiger partial charge in [0.25, 0.3) is 0 Å². The first-order valence-electron chi connectivity index (χ1n) is 8.23. The standard InChI is InChI=1S/C20H24Cl2/c21-19-15-14-18(20(22)16-19)13-9-4-2-1-3-6-10-17-11-7-5-8-12-17/h5,7-8,11-12,14-16H,1-4,6,9-10,13H2. The first kappa shape index (κ1) is 17.4. The summed E-state index contributed by atoms with van der Waals surface area (Å²) in [5, 5.41) is 1.52. The van der Waals surface area contributed by atoms with Gasteiger partial charge in [-0.1, -0.05) is 85.3 Å². The Bertz CT molecular complexity index is 549. The van der Waals surface area contributed by atoms with Crippen molar-refractivity contribution in [2.24, 2.45) is 0 Å². The average Bonchev–Trinajstić information content (AvgIpc) is 2.52. The SMILES string of the molecule is Clc1ccc(CCCCCCCCc2ccccc2)c(Cl)c1. The molecule has 0 fully saturated rings. The van der Waals surface area contributed by atoms with Crippen LogP contribution in [0.3, 0.4) is 0 Å². The van der Waals surface area contributed by atoms with Gasteiger partial charge in [-0.05, 0) is 48.9 Å². The van der Waals surface area contributed by atoms with Gasteiger partial charge in [0.1, 0.15) is 0 Å². The Morgan fingerprint density at radius 3 is 1.95 bits per heavy atom. The number of hydrogen-bond donors (Lipinski definition) is 0. The number of benzene rings is 2. The first-order valence-corrected chi connectivity index (χ1v) is 8.99. The molecule has 0 saturated carbocycles. The molecule has 118 valence electrons. The minimum absolute atomic E-state index is 0.715. The largest absolute Gasteiger partial charge is 0.0843 e. The lowest BCUT2D eigenvalue weighted by Crippen LogP contribution is -1.89. The number of rotatable bonds is 9. The van der Waals surface area contributed by atoms with E-state index in [9.17, 15) is 0 Å². The van der Waals surface area contributed by atoms with Crippen LogP contribution >= 0.6 is 23.2 Å². The van der Waals surface area contributed by atoms with Crippen LogP contribution in [0.4, 0.5) is 0 Å². The summed E-state index contributed by atoms with van der Waals surface area (Å²) in [6, 6.07) is 16.6. The van der Waals surface area contributed by atoms with E-state index in [1.54, 1.807) is 0 Å². The summed E-state index contributed by atoms with van der Waals surface area (Å²) in [7, 11) is 0. The molecule has 0 atom stereocenters. The maximum atomic E-state index is 6.18. The van der Waals surface area contributed by atoms with Crippen LogP contribution < -0.4 is 0 Å². The predicted octanol–water partition coefficient (Wildman–Crippen LogP) is 7.12. The van der Waals surface area contributed by atoms with Crippen LogP contribution in [0.15, 0.2) is 48.5 Å². The van der Waals surface area contributed by atoms with Crippen molar-refractivity contribution in [3.63, 3.8) is 0 Å². The van der Waals surface area contributed by atoms with Crippen molar-refractivity contribution in [3.8, 4) is 0 Å². The predicted molar refractivity (Wildman–Crippen MR) is 98.0 cm³/mol. The molecule has 0 saturated heterocycles. The van der Waals surface area contributed by atoms with Gasteiger partial charge in [0.15, 0.2) is 0 Å². The van der Waals surface area contributed by atoms with Gasteiger partial charge >= 0.3 is 0 Å². The third-order valence-corrected chi connectivity index (χ3v) is 4.61. The fourth-order valence-electron chi connectivity index (χ4n) is 2.72. The fourth-order valence-corrected chi connectivity index (χ4v) is 3.22. The lowest BCUT2D eigenvalue weighted by atomic mass is 10.0. The zero-order valence-electron chi connectivity index (χ0n) is 13.0. The highest BCUT2D eigenvalue weighted by atomic mass is 35.5. The monoisotopic (exact) mass is 334 g/mol. The van der Waals surface area contributed by atoms with Crippen LogP contribution in [-0.2, 0) is 12.8 Å². The fraction of sp³-hybridized carbons (Fsp3) is 0.400. The summed E-state index contributed by atoms with van der Waals surface area (Å²) in [4.78, 5) is 0. The Morgan fingerprint density at radius 2 is 1.27 bits per heavy atom. The third kappa shape index (κ3) is 6.42. The molecular weight excluding hydrogens is 311 g/mol. The lowest BCUT2D eigenvalue weighted by Gasteiger charge is -2.05. The van der Waals surface area contributed by atoms with Crippen LogP contribution in [-0.4, -0.2) is 0 Å². The number of halogens is 2. The van der Waals surface area contributed by atoms with Gasteiger partial charge in [0.05, 0.1) is 0 Å². The zero-order valence-corrected chi connectivity index (χ0v) is 14.5. The molecule has 0 heterocycles. The molecule has 22 heavy (non-hydrogen) atoms. The quantitative estimate of drug-likeness (QED) is 0.428. The molecule has 0 nitrogen and oxygen atoms in total. The molecule has 0 amide bonds. The molecule has 0 bridgehead atoms. The van der Waals surface area contributed by atoms with Crippen LogP contribution in [0.25, 0.3) is 0 Å². The summed E-state index contributed by atoms with van der Waals surface area (Å²) in [6.45, 7) is 0. The van der Waals surface area contributed by atoms with Gasteiger partial charge in [-0.3, -0.25) is 0 Å². The number of hydrogen-bond acceptors (Lipinski definition) is 0. The van der Waals surface area contributed by atoms with Crippen molar-refractivity contribution in [3.05, 3.63) is 69.7 Å². The number of aryl methyl sites for hydroxylation is 2. The number of unbranched alkanes of at least 4 members (excludes halogenated alkanes) is 5. The maximum Gasteiger partial charge on any atom is 0.0452 e. The van der Waals surface area contributed by atoms with Crippen molar-refractivity contribution >= 4 is 23.2 Å². The zero-order chi connectivity index (χ0) is 15.6. The molecule has 0 aromatic heterocycles. The summed E-state index contributed by atoms with van der Waals surface area (Å²) >= 11 is 12.1. The van der Waals surface area contributed by atoms with E-state index in [4.69, 9.17) is 23.2 Å². The van der Waals surface area contributed by atoms with Gasteiger partial charge in [-0.2, -0.15) is 0 Å². The summed E-state index contributed by atoms with van der Waals surface area (Å²) in [6.07, 6.45) is 10.0. The van der Waals surface area contributed by atoms with Crippen LogP contribution in [0.5, 0.6) is 0 Å². The molecule has 0 spiro atoms. The molecule has 2 rings (SSSR count).